The van der Waals surface area contributed by atoms with Crippen molar-refractivity contribution in [2.75, 3.05) is 0 Å². The largest absolute Gasteiger partial charge is 0.462 e. The lowest BCUT2D eigenvalue weighted by Gasteiger charge is -2.58. The third kappa shape index (κ3) is 4.50. The number of fused-ring (bicyclic) bond motifs is 5. The highest BCUT2D eigenvalue weighted by Crippen LogP contribution is 2.67. The van der Waals surface area contributed by atoms with Crippen molar-refractivity contribution in [3.63, 3.8) is 0 Å². The van der Waals surface area contributed by atoms with Crippen LogP contribution in [0.25, 0.3) is 0 Å². The predicted octanol–water partition coefficient (Wildman–Crippen LogP) is 8.52. The van der Waals surface area contributed by atoms with Crippen LogP contribution in [0.5, 0.6) is 0 Å². The van der Waals surface area contributed by atoms with Crippen LogP contribution in [0.3, 0.4) is 0 Å². The van der Waals surface area contributed by atoms with E-state index in [9.17, 15) is 4.79 Å². The third-order valence-electron chi connectivity index (χ3n) is 11.2. The van der Waals surface area contributed by atoms with Gasteiger partial charge in [-0.05, 0) is 105 Å². The fourth-order valence-corrected chi connectivity index (χ4v) is 9.10. The minimum Gasteiger partial charge on any atom is -0.462 e. The topological polar surface area (TPSA) is 26.3 Å². The molecule has 8 atom stereocenters. The van der Waals surface area contributed by atoms with E-state index in [0.29, 0.717) is 10.8 Å². The lowest BCUT2D eigenvalue weighted by atomic mass is 9.47. The highest BCUT2D eigenvalue weighted by atomic mass is 16.5. The summed E-state index contributed by atoms with van der Waals surface area (Å²) in [6.07, 6.45) is 17.9. The van der Waals surface area contributed by atoms with E-state index in [4.69, 9.17) is 4.74 Å². The Hall–Kier alpha value is -1.05. The number of carbonyl (C=O) groups excluding carboxylic acids is 1. The first kappa shape index (κ1) is 25.1. The average Bonchev–Trinajstić information content (AvgIpc) is 3.11. The van der Waals surface area contributed by atoms with Crippen LogP contribution >= 0.6 is 0 Å². The van der Waals surface area contributed by atoms with Crippen LogP contribution in [0.4, 0.5) is 0 Å². The molecule has 0 unspecified atom stereocenters. The van der Waals surface area contributed by atoms with Crippen LogP contribution in [0.1, 0.15) is 113 Å². The molecule has 0 aromatic carbocycles. The molecule has 0 aliphatic heterocycles. The lowest BCUT2D eigenvalue weighted by molar-refractivity contribution is -0.148. The molecule has 0 aromatic rings. The Morgan fingerprint density at radius 3 is 2.55 bits per heavy atom. The summed E-state index contributed by atoms with van der Waals surface area (Å²) < 4.78 is 5.62. The van der Waals surface area contributed by atoms with Gasteiger partial charge < -0.3 is 4.74 Å². The molecule has 2 nitrogen and oxygen atoms in total. The van der Waals surface area contributed by atoms with E-state index in [0.717, 1.165) is 48.3 Å². The molecule has 4 aliphatic rings. The molecule has 0 bridgehead atoms. The standard InChI is InChI=1S/C31H50O2/c1-8-23(20(2)3)10-9-21(4)27-13-14-28-26-12-11-24-19-25(33-22(5)32)15-17-30(24,6)29(26)16-18-31(27,28)7/h9,11,20,23,25-29H,8,10,12-19H2,1-7H3/b21-9+/t23-,25+,26-,27-,28-,29-,30+,31-/m1/s1. The van der Waals surface area contributed by atoms with Gasteiger partial charge in [-0.2, -0.15) is 0 Å². The fraction of sp³-hybridized carbons (Fsp3) is 0.839. The Morgan fingerprint density at radius 2 is 1.88 bits per heavy atom. The van der Waals surface area contributed by atoms with Gasteiger partial charge in [-0.15, -0.1) is 0 Å². The third-order valence-corrected chi connectivity index (χ3v) is 11.2. The Balaban J connectivity index is 1.50. The quantitative estimate of drug-likeness (QED) is 0.297. The van der Waals surface area contributed by atoms with Gasteiger partial charge in [0, 0.05) is 13.3 Å². The molecule has 0 heterocycles. The molecular weight excluding hydrogens is 404 g/mol. The first-order valence-corrected chi connectivity index (χ1v) is 14.1. The number of hydrogen-bond acceptors (Lipinski definition) is 2. The number of carbonyl (C=O) groups is 1. The summed E-state index contributed by atoms with van der Waals surface area (Å²) in [7, 11) is 0. The minimum atomic E-state index is -0.120. The van der Waals surface area contributed by atoms with Crippen molar-refractivity contribution in [1.82, 2.24) is 0 Å². The van der Waals surface area contributed by atoms with Crippen LogP contribution in [-0.2, 0) is 9.53 Å². The molecule has 186 valence electrons. The maximum atomic E-state index is 11.5. The molecule has 0 radical (unpaired) electrons. The van der Waals surface area contributed by atoms with Gasteiger partial charge in [-0.1, -0.05) is 64.3 Å². The van der Waals surface area contributed by atoms with Gasteiger partial charge in [0.25, 0.3) is 0 Å². The molecule has 0 spiro atoms. The van der Waals surface area contributed by atoms with Crippen molar-refractivity contribution in [2.45, 2.75) is 119 Å². The van der Waals surface area contributed by atoms with Crippen molar-refractivity contribution in [3.8, 4) is 0 Å². The van der Waals surface area contributed by atoms with Gasteiger partial charge in [0.2, 0.25) is 0 Å². The molecular formula is C31H50O2. The summed E-state index contributed by atoms with van der Waals surface area (Å²) in [5.74, 6) is 4.81. The molecule has 4 rings (SSSR count). The van der Waals surface area contributed by atoms with E-state index in [1.165, 1.54) is 51.4 Å². The van der Waals surface area contributed by atoms with E-state index >= 15 is 0 Å². The van der Waals surface area contributed by atoms with Gasteiger partial charge in [-0.25, -0.2) is 0 Å². The van der Waals surface area contributed by atoms with Crippen LogP contribution in [0.15, 0.2) is 23.3 Å². The Kier molecular flexibility index (Phi) is 7.24. The molecule has 0 amide bonds. The molecule has 3 fully saturated rings. The average molecular weight is 455 g/mol. The van der Waals surface area contributed by atoms with Crippen LogP contribution in [0.2, 0.25) is 0 Å². The second-order valence-electron chi connectivity index (χ2n) is 13.0. The SMILES string of the molecule is CC[C@H](C/C=C(\C)[C@H]1CC[C@@H]2[C@H]3CC=C4C[C@@H](OC(C)=O)CC[C@]4(C)[C@@H]3CC[C@]12C)C(C)C. The summed E-state index contributed by atoms with van der Waals surface area (Å²) in [6, 6.07) is 0. The summed E-state index contributed by atoms with van der Waals surface area (Å²) in [6.45, 7) is 16.3. The molecule has 3 saturated carbocycles. The van der Waals surface area contributed by atoms with Gasteiger partial charge in [0.05, 0.1) is 0 Å². The molecule has 33 heavy (non-hydrogen) atoms. The zero-order valence-corrected chi connectivity index (χ0v) is 22.6. The number of rotatable bonds is 6. The number of allylic oxidation sites excluding steroid dienone is 3. The second kappa shape index (κ2) is 9.54. The predicted molar refractivity (Wildman–Crippen MR) is 138 cm³/mol. The van der Waals surface area contributed by atoms with Crippen LogP contribution in [-0.4, -0.2) is 12.1 Å². The van der Waals surface area contributed by atoms with Crippen molar-refractivity contribution in [1.29, 1.82) is 0 Å². The van der Waals surface area contributed by atoms with Crippen molar-refractivity contribution < 1.29 is 9.53 Å². The van der Waals surface area contributed by atoms with Gasteiger partial charge in [0.15, 0.2) is 0 Å². The van der Waals surface area contributed by atoms with E-state index in [2.05, 4.69) is 53.7 Å². The van der Waals surface area contributed by atoms with E-state index in [-0.39, 0.29) is 12.1 Å². The van der Waals surface area contributed by atoms with E-state index in [1.54, 1.807) is 18.1 Å². The summed E-state index contributed by atoms with van der Waals surface area (Å²) in [5.41, 5.74) is 4.11. The maximum Gasteiger partial charge on any atom is 0.302 e. The first-order valence-electron chi connectivity index (χ1n) is 14.1. The van der Waals surface area contributed by atoms with Crippen LogP contribution in [0, 0.1) is 46.3 Å². The smallest absolute Gasteiger partial charge is 0.302 e. The fourth-order valence-electron chi connectivity index (χ4n) is 9.10. The normalized spacial score (nSPS) is 41.6. The molecule has 0 saturated heterocycles. The van der Waals surface area contributed by atoms with Gasteiger partial charge in [-0.3, -0.25) is 4.79 Å². The Morgan fingerprint density at radius 1 is 1.12 bits per heavy atom. The lowest BCUT2D eigenvalue weighted by Crippen LogP contribution is -2.50. The maximum absolute atomic E-state index is 11.5. The summed E-state index contributed by atoms with van der Waals surface area (Å²) >= 11 is 0. The van der Waals surface area contributed by atoms with E-state index < -0.39 is 0 Å². The van der Waals surface area contributed by atoms with Crippen molar-refractivity contribution in [2.24, 2.45) is 46.3 Å². The monoisotopic (exact) mass is 454 g/mol. The highest BCUT2D eigenvalue weighted by molar-refractivity contribution is 5.66. The number of hydrogen-bond donors (Lipinski definition) is 0. The highest BCUT2D eigenvalue weighted by Gasteiger charge is 2.58. The molecule has 2 heteroatoms. The second-order valence-corrected chi connectivity index (χ2v) is 13.0. The molecule has 0 aromatic heterocycles. The number of esters is 1. The first-order chi connectivity index (χ1) is 15.6. The molecule has 0 N–H and O–H groups in total. The summed E-state index contributed by atoms with van der Waals surface area (Å²) in [5, 5.41) is 0. The minimum absolute atomic E-state index is 0.105. The summed E-state index contributed by atoms with van der Waals surface area (Å²) in [4.78, 5) is 11.5. The van der Waals surface area contributed by atoms with Gasteiger partial charge >= 0.3 is 5.97 Å². The zero-order chi connectivity index (χ0) is 24.0. The molecule has 4 aliphatic carbocycles. The van der Waals surface area contributed by atoms with Crippen molar-refractivity contribution >= 4 is 5.97 Å². The zero-order valence-electron chi connectivity index (χ0n) is 22.6. The van der Waals surface area contributed by atoms with Crippen molar-refractivity contribution in [3.05, 3.63) is 23.3 Å². The van der Waals surface area contributed by atoms with Gasteiger partial charge in [0.1, 0.15) is 6.10 Å². The Labute approximate surface area is 204 Å². The van der Waals surface area contributed by atoms with E-state index in [1.807, 2.05) is 0 Å². The van der Waals surface area contributed by atoms with Crippen LogP contribution < -0.4 is 0 Å². The Bertz CT molecular complexity index is 791. The number of ether oxygens (including phenoxy) is 1.